The number of hydrogen-bond acceptors (Lipinski definition) is 5. The molecule has 0 saturated carbocycles. The minimum absolute atomic E-state index is 0.679. The van der Waals surface area contributed by atoms with E-state index in [9.17, 15) is 0 Å². The van der Waals surface area contributed by atoms with Crippen molar-refractivity contribution in [3.63, 3.8) is 0 Å². The van der Waals surface area contributed by atoms with E-state index in [0.29, 0.717) is 6.54 Å². The van der Waals surface area contributed by atoms with E-state index in [2.05, 4.69) is 21.7 Å². The summed E-state index contributed by atoms with van der Waals surface area (Å²) in [6.45, 7) is 0.679. The van der Waals surface area contributed by atoms with Gasteiger partial charge in [-0.05, 0) is 24.3 Å². The molecule has 0 atom stereocenters. The molecule has 20 heavy (non-hydrogen) atoms. The first-order valence-corrected chi connectivity index (χ1v) is 6.87. The Balaban J connectivity index is 1.80. The molecule has 5 nitrogen and oxygen atoms in total. The first-order chi connectivity index (χ1) is 9.86. The molecule has 1 N–H and O–H groups in total. The van der Waals surface area contributed by atoms with Crippen LogP contribution in [0.5, 0.6) is 0 Å². The maximum atomic E-state index is 8.83. The molecule has 0 aliphatic heterocycles. The number of aromatic nitrogens is 3. The summed E-state index contributed by atoms with van der Waals surface area (Å²) in [6, 6.07) is 13.9. The van der Waals surface area contributed by atoms with Gasteiger partial charge in [0.2, 0.25) is 0 Å². The number of para-hydroxylation sites is 2. The molecule has 2 aromatic heterocycles. The highest BCUT2D eigenvalue weighted by Gasteiger charge is 2.05. The van der Waals surface area contributed by atoms with Crippen LogP contribution < -0.4 is 5.32 Å². The Bertz CT molecular complexity index is 739. The fraction of sp³-hybridized carbons (Fsp3) is 0.0714. The lowest BCUT2D eigenvalue weighted by Gasteiger charge is -2.10. The molecular formula is C14H11N5S. The average Bonchev–Trinajstić information content (AvgIpc) is 3.17. The SMILES string of the molecule is N#Cc1ccc(CNc2ccccc2-n2ccnn2)s1. The summed E-state index contributed by atoms with van der Waals surface area (Å²) in [4.78, 5) is 1.85. The van der Waals surface area contributed by atoms with Gasteiger partial charge in [0.25, 0.3) is 0 Å². The summed E-state index contributed by atoms with van der Waals surface area (Å²) < 4.78 is 1.72. The van der Waals surface area contributed by atoms with Crippen LogP contribution in [-0.2, 0) is 6.54 Å². The van der Waals surface area contributed by atoms with E-state index in [1.54, 1.807) is 17.1 Å². The monoisotopic (exact) mass is 281 g/mol. The number of thiophene rings is 1. The summed E-state index contributed by atoms with van der Waals surface area (Å²) in [5.74, 6) is 0. The number of nitriles is 1. The second-order valence-corrected chi connectivity index (χ2v) is 5.26. The number of anilines is 1. The van der Waals surface area contributed by atoms with Crippen molar-refractivity contribution in [1.82, 2.24) is 15.0 Å². The Morgan fingerprint density at radius 2 is 2.15 bits per heavy atom. The van der Waals surface area contributed by atoms with Crippen molar-refractivity contribution < 1.29 is 0 Å². The summed E-state index contributed by atoms with van der Waals surface area (Å²) in [6.07, 6.45) is 3.45. The predicted molar refractivity (Wildman–Crippen MR) is 77.7 cm³/mol. The quantitative estimate of drug-likeness (QED) is 0.798. The van der Waals surface area contributed by atoms with Gasteiger partial charge in [-0.15, -0.1) is 16.4 Å². The molecule has 0 radical (unpaired) electrons. The van der Waals surface area contributed by atoms with E-state index in [0.717, 1.165) is 21.1 Å². The molecule has 6 heteroatoms. The second-order valence-electron chi connectivity index (χ2n) is 4.10. The maximum absolute atomic E-state index is 8.83. The minimum Gasteiger partial charge on any atom is -0.378 e. The van der Waals surface area contributed by atoms with Crippen LogP contribution in [-0.4, -0.2) is 15.0 Å². The van der Waals surface area contributed by atoms with E-state index in [1.807, 2.05) is 36.4 Å². The first-order valence-electron chi connectivity index (χ1n) is 6.05. The zero-order valence-corrected chi connectivity index (χ0v) is 11.3. The number of nitrogens with one attached hydrogen (secondary N) is 1. The van der Waals surface area contributed by atoms with Gasteiger partial charge in [0.1, 0.15) is 10.9 Å². The van der Waals surface area contributed by atoms with Crippen molar-refractivity contribution >= 4 is 17.0 Å². The highest BCUT2D eigenvalue weighted by Crippen LogP contribution is 2.21. The smallest absolute Gasteiger partial charge is 0.110 e. The van der Waals surface area contributed by atoms with Crippen LogP contribution in [0.15, 0.2) is 48.8 Å². The van der Waals surface area contributed by atoms with Gasteiger partial charge in [0.15, 0.2) is 0 Å². The van der Waals surface area contributed by atoms with E-state index < -0.39 is 0 Å². The number of nitrogens with zero attached hydrogens (tertiary/aromatic N) is 4. The second kappa shape index (κ2) is 5.55. The highest BCUT2D eigenvalue weighted by atomic mass is 32.1. The molecule has 3 rings (SSSR count). The van der Waals surface area contributed by atoms with Crippen LogP contribution in [0.2, 0.25) is 0 Å². The summed E-state index contributed by atoms with van der Waals surface area (Å²) in [7, 11) is 0. The lowest BCUT2D eigenvalue weighted by Crippen LogP contribution is -2.04. The van der Waals surface area contributed by atoms with Gasteiger partial charge in [0.05, 0.1) is 23.8 Å². The Morgan fingerprint density at radius 1 is 1.25 bits per heavy atom. The largest absolute Gasteiger partial charge is 0.378 e. The van der Waals surface area contributed by atoms with Crippen LogP contribution in [0, 0.1) is 11.3 Å². The Hall–Kier alpha value is -2.65. The topological polar surface area (TPSA) is 66.5 Å². The first kappa shape index (κ1) is 12.4. The molecule has 0 bridgehead atoms. The molecule has 1 aromatic carbocycles. The van der Waals surface area contributed by atoms with Crippen LogP contribution in [0.1, 0.15) is 9.75 Å². The predicted octanol–water partition coefficient (Wildman–Crippen LogP) is 2.81. The molecule has 0 aliphatic carbocycles. The standard InChI is InChI=1S/C14H11N5S/c15-9-11-5-6-12(20-11)10-16-13-3-1-2-4-14(13)19-8-7-17-18-19/h1-8,16H,10H2. The Morgan fingerprint density at radius 3 is 2.90 bits per heavy atom. The van der Waals surface area contributed by atoms with Gasteiger partial charge in [-0.25, -0.2) is 4.68 Å². The van der Waals surface area contributed by atoms with Crippen LogP contribution in [0.4, 0.5) is 5.69 Å². The van der Waals surface area contributed by atoms with Gasteiger partial charge in [-0.2, -0.15) is 5.26 Å². The Kier molecular flexibility index (Phi) is 3.44. The van der Waals surface area contributed by atoms with Gasteiger partial charge < -0.3 is 5.32 Å². The molecule has 0 saturated heterocycles. The zero-order valence-electron chi connectivity index (χ0n) is 10.5. The fourth-order valence-electron chi connectivity index (χ4n) is 1.87. The third-order valence-electron chi connectivity index (χ3n) is 2.80. The normalized spacial score (nSPS) is 10.2. The van der Waals surface area contributed by atoms with E-state index >= 15 is 0 Å². The van der Waals surface area contributed by atoms with Gasteiger partial charge in [-0.1, -0.05) is 17.3 Å². The van der Waals surface area contributed by atoms with Crippen molar-refractivity contribution in [2.45, 2.75) is 6.54 Å². The number of benzene rings is 1. The van der Waals surface area contributed by atoms with Crippen molar-refractivity contribution in [2.24, 2.45) is 0 Å². The summed E-state index contributed by atoms with van der Waals surface area (Å²) in [5.41, 5.74) is 1.92. The van der Waals surface area contributed by atoms with Crippen LogP contribution in [0.25, 0.3) is 5.69 Å². The third-order valence-corrected chi connectivity index (χ3v) is 3.79. The highest BCUT2D eigenvalue weighted by molar-refractivity contribution is 7.12. The molecule has 0 aliphatic rings. The van der Waals surface area contributed by atoms with Crippen LogP contribution >= 0.6 is 11.3 Å². The lowest BCUT2D eigenvalue weighted by molar-refractivity contribution is 0.803. The zero-order chi connectivity index (χ0) is 13.8. The van der Waals surface area contributed by atoms with Crippen molar-refractivity contribution in [2.75, 3.05) is 5.32 Å². The van der Waals surface area contributed by atoms with Gasteiger partial charge in [0, 0.05) is 11.4 Å². The van der Waals surface area contributed by atoms with Gasteiger partial charge >= 0.3 is 0 Å². The molecule has 2 heterocycles. The number of rotatable bonds is 4. The fourth-order valence-corrected chi connectivity index (χ4v) is 2.62. The molecule has 98 valence electrons. The summed E-state index contributed by atoms with van der Waals surface area (Å²) >= 11 is 1.50. The maximum Gasteiger partial charge on any atom is 0.110 e. The molecule has 0 amide bonds. The average molecular weight is 281 g/mol. The van der Waals surface area contributed by atoms with E-state index in [1.165, 1.54) is 11.3 Å². The molecular weight excluding hydrogens is 270 g/mol. The van der Waals surface area contributed by atoms with Crippen molar-refractivity contribution in [3.8, 4) is 11.8 Å². The lowest BCUT2D eigenvalue weighted by atomic mass is 10.2. The third kappa shape index (κ3) is 2.53. The van der Waals surface area contributed by atoms with Crippen molar-refractivity contribution in [3.05, 3.63) is 58.5 Å². The molecule has 0 fully saturated rings. The number of hydrogen-bond donors (Lipinski definition) is 1. The molecule has 3 aromatic rings. The summed E-state index contributed by atoms with van der Waals surface area (Å²) in [5, 5.41) is 20.0. The van der Waals surface area contributed by atoms with Crippen molar-refractivity contribution in [1.29, 1.82) is 5.26 Å². The van der Waals surface area contributed by atoms with E-state index in [4.69, 9.17) is 5.26 Å². The molecule has 0 unspecified atom stereocenters. The minimum atomic E-state index is 0.679. The van der Waals surface area contributed by atoms with Crippen LogP contribution in [0.3, 0.4) is 0 Å². The van der Waals surface area contributed by atoms with E-state index in [-0.39, 0.29) is 0 Å². The molecule has 0 spiro atoms. The van der Waals surface area contributed by atoms with Gasteiger partial charge in [-0.3, -0.25) is 0 Å². The Labute approximate surface area is 120 Å².